The number of amides is 1. The van der Waals surface area contributed by atoms with Gasteiger partial charge in [-0.05, 0) is 73.4 Å². The van der Waals surface area contributed by atoms with Crippen LogP contribution in [-0.4, -0.2) is 137 Å². The first-order valence-electron chi connectivity index (χ1n) is 18.5. The molecule has 0 aromatic rings. The van der Waals surface area contributed by atoms with Gasteiger partial charge in [0.2, 0.25) is 5.91 Å². The average molecular weight is 743 g/mol. The number of ether oxygens (including phenoxy) is 6. The van der Waals surface area contributed by atoms with Crippen LogP contribution in [0.5, 0.6) is 0 Å². The molecule has 0 aromatic heterocycles. The van der Waals surface area contributed by atoms with Crippen LogP contribution in [0, 0.1) is 23.7 Å². The van der Waals surface area contributed by atoms with Crippen LogP contribution in [0.3, 0.4) is 0 Å². The zero-order chi connectivity index (χ0) is 39.5. The van der Waals surface area contributed by atoms with Crippen molar-refractivity contribution in [2.45, 2.75) is 161 Å². The average Bonchev–Trinajstić information content (AvgIpc) is 3.45. The molecule has 0 aromatic carbocycles. The maximum atomic E-state index is 14.3. The molecule has 3 aliphatic heterocycles. The number of carbonyl (C=O) groups is 4. The van der Waals surface area contributed by atoms with Crippen molar-refractivity contribution in [3.63, 3.8) is 0 Å². The number of aliphatic imine (C=N–C) groups is 1. The molecule has 3 unspecified atom stereocenters. The number of aliphatic hydroxyl groups excluding tert-OH is 2. The predicted octanol–water partition coefficient (Wildman–Crippen LogP) is 2.83. The third-order valence-corrected chi connectivity index (χ3v) is 11.1. The monoisotopic (exact) mass is 742 g/mol. The summed E-state index contributed by atoms with van der Waals surface area (Å²) in [7, 11) is 3.67. The van der Waals surface area contributed by atoms with E-state index >= 15 is 0 Å². The summed E-state index contributed by atoms with van der Waals surface area (Å²) in [5, 5.41) is 34.8. The molecule has 0 radical (unpaired) electrons. The number of Topliss-reactive ketones (excluding diaryl/α,β-unsaturated/α-hetero) is 1. The van der Waals surface area contributed by atoms with Gasteiger partial charge < -0.3 is 48.6 Å². The summed E-state index contributed by atoms with van der Waals surface area (Å²) in [5.41, 5.74) is -3.26. The molecule has 15 atom stereocenters. The van der Waals surface area contributed by atoms with Crippen molar-refractivity contribution >= 4 is 29.5 Å². The Kier molecular flexibility index (Phi) is 15.0. The van der Waals surface area contributed by atoms with Crippen LogP contribution >= 0.6 is 0 Å². The summed E-state index contributed by atoms with van der Waals surface area (Å²) in [6, 6.07) is -0.353. The van der Waals surface area contributed by atoms with Crippen molar-refractivity contribution in [3.8, 4) is 0 Å². The third-order valence-electron chi connectivity index (χ3n) is 11.1. The van der Waals surface area contributed by atoms with Crippen LogP contribution in [-0.2, 0) is 42.8 Å². The molecule has 0 aliphatic carbocycles. The fourth-order valence-corrected chi connectivity index (χ4v) is 7.97. The topological polar surface area (TPSA) is 200 Å². The number of esters is 1. The van der Waals surface area contributed by atoms with Gasteiger partial charge in [-0.15, -0.1) is 0 Å². The van der Waals surface area contributed by atoms with Crippen LogP contribution in [0.25, 0.3) is 0 Å². The van der Waals surface area contributed by atoms with Gasteiger partial charge in [0.25, 0.3) is 0 Å². The first kappa shape index (κ1) is 43.9. The highest BCUT2D eigenvalue weighted by atomic mass is 16.8. The summed E-state index contributed by atoms with van der Waals surface area (Å²) in [6.07, 6.45) is -7.85. The van der Waals surface area contributed by atoms with Crippen molar-refractivity contribution in [3.05, 3.63) is 0 Å². The molecule has 3 rings (SSSR count). The van der Waals surface area contributed by atoms with Crippen LogP contribution in [0.1, 0.15) is 94.9 Å². The molecule has 3 N–H and O–H groups in total. The zero-order valence-corrected chi connectivity index (χ0v) is 32.9. The van der Waals surface area contributed by atoms with Crippen molar-refractivity contribution < 1.29 is 62.9 Å². The van der Waals surface area contributed by atoms with E-state index in [1.807, 2.05) is 32.8 Å². The normalized spacial score (nSPS) is 43.5. The molecule has 0 bridgehead atoms. The molecule has 3 saturated heterocycles. The first-order valence-corrected chi connectivity index (χ1v) is 18.5. The van der Waals surface area contributed by atoms with Gasteiger partial charge in [0.05, 0.1) is 30.5 Å². The van der Waals surface area contributed by atoms with Crippen molar-refractivity contribution in [2.75, 3.05) is 20.7 Å². The number of carbonyl (C=O) groups excluding carboxylic acids is 4. The predicted molar refractivity (Wildman–Crippen MR) is 188 cm³/mol. The molecule has 298 valence electrons. The standard InChI is InChI=1S/C37H62N2O13/c1-13-25-26(50-35(45)49-25)17-47-36(9)16-18(3)28(38-23(8)40)20(5)31(43)37(10,46)27(14-2)51-33(44)22(7)29(41)21(6)32(36)52-34-30(42)24(39(11)12)15-19(4)48-34/h18-22,24-27,30-32,34,42-43,46H,13-17H2,1-12H3/t18-,19-,20+,21-,22?,24+,25?,26?,27-,30-,31+,32-,34+,36-,37-/m1/s1. The van der Waals surface area contributed by atoms with Crippen LogP contribution in [0.2, 0.25) is 0 Å². The van der Waals surface area contributed by atoms with E-state index in [1.165, 1.54) is 20.8 Å². The lowest BCUT2D eigenvalue weighted by molar-refractivity contribution is -0.298. The van der Waals surface area contributed by atoms with Gasteiger partial charge in [0.1, 0.15) is 29.8 Å². The van der Waals surface area contributed by atoms with Gasteiger partial charge in [-0.2, -0.15) is 0 Å². The van der Waals surface area contributed by atoms with Crippen LogP contribution in [0.15, 0.2) is 4.99 Å². The number of hydrogen-bond acceptors (Lipinski definition) is 14. The summed E-state index contributed by atoms with van der Waals surface area (Å²) in [5.74, 6) is -6.03. The SMILES string of the molecule is CCC1OC(=O)OC1CO[C@]1(C)C[C@@H](C)C(=NC(C)=O)[C@H](C)[C@H](O)[C@](C)(O)[C@@H](CC)OC(=O)C(C)C(=O)[C@@H](C)[C@H]1O[C@@H]1O[C@H](C)C[C@H](N(C)C)[C@H]1O. The van der Waals surface area contributed by atoms with E-state index in [-0.39, 0.29) is 37.3 Å². The van der Waals surface area contributed by atoms with Gasteiger partial charge >= 0.3 is 12.1 Å². The molecule has 15 heteroatoms. The molecular weight excluding hydrogens is 680 g/mol. The van der Waals surface area contributed by atoms with Gasteiger partial charge in [-0.1, -0.05) is 34.6 Å². The van der Waals surface area contributed by atoms with E-state index in [0.29, 0.717) is 12.8 Å². The highest BCUT2D eigenvalue weighted by Gasteiger charge is 2.52. The molecular formula is C37H62N2O13. The number of hydrogen-bond donors (Lipinski definition) is 3. The minimum atomic E-state index is -2.00. The van der Waals surface area contributed by atoms with Gasteiger partial charge in [0, 0.05) is 30.5 Å². The molecule has 0 saturated carbocycles. The van der Waals surface area contributed by atoms with E-state index in [1.54, 1.807) is 34.6 Å². The molecule has 15 nitrogen and oxygen atoms in total. The third kappa shape index (κ3) is 9.76. The molecule has 3 aliphatic rings. The number of ketones is 1. The Labute approximate surface area is 307 Å². The summed E-state index contributed by atoms with van der Waals surface area (Å²) in [6.45, 7) is 15.9. The van der Waals surface area contributed by atoms with E-state index in [0.717, 1.165) is 0 Å². The highest BCUT2D eigenvalue weighted by Crippen LogP contribution is 2.39. The maximum Gasteiger partial charge on any atom is 0.509 e. The molecule has 3 fully saturated rings. The van der Waals surface area contributed by atoms with E-state index in [2.05, 4.69) is 4.99 Å². The quantitative estimate of drug-likeness (QED) is 0.242. The van der Waals surface area contributed by atoms with E-state index in [9.17, 15) is 34.5 Å². The van der Waals surface area contributed by atoms with E-state index in [4.69, 9.17) is 28.4 Å². The van der Waals surface area contributed by atoms with Crippen molar-refractivity contribution in [2.24, 2.45) is 28.7 Å². The lowest BCUT2D eigenvalue weighted by Gasteiger charge is -2.47. The second-order valence-corrected chi connectivity index (χ2v) is 15.6. The second kappa shape index (κ2) is 17.7. The molecule has 0 spiro atoms. The number of cyclic esters (lactones) is 3. The fourth-order valence-electron chi connectivity index (χ4n) is 7.97. The number of rotatable bonds is 8. The van der Waals surface area contributed by atoms with Gasteiger partial charge in [-0.3, -0.25) is 14.4 Å². The Morgan fingerprint density at radius 2 is 1.58 bits per heavy atom. The van der Waals surface area contributed by atoms with Crippen LogP contribution in [0.4, 0.5) is 4.79 Å². The Bertz CT molecular complexity index is 1310. The van der Waals surface area contributed by atoms with Gasteiger partial charge in [0.15, 0.2) is 18.2 Å². The Balaban J connectivity index is 2.25. The number of nitrogens with zero attached hydrogens (tertiary/aromatic N) is 2. The number of likely N-dealkylation sites (N-methyl/N-ethyl adjacent to an activating group) is 1. The van der Waals surface area contributed by atoms with Gasteiger partial charge in [-0.25, -0.2) is 9.79 Å². The largest absolute Gasteiger partial charge is 0.509 e. The fraction of sp³-hybridized carbons (Fsp3) is 0.865. The van der Waals surface area contributed by atoms with Crippen molar-refractivity contribution in [1.29, 1.82) is 0 Å². The summed E-state index contributed by atoms with van der Waals surface area (Å²) < 4.78 is 36.0. The Morgan fingerprint density at radius 1 is 0.962 bits per heavy atom. The Hall–Kier alpha value is -2.53. The highest BCUT2D eigenvalue weighted by molar-refractivity contribution is 6.00. The lowest BCUT2D eigenvalue weighted by atomic mass is 9.73. The van der Waals surface area contributed by atoms with Crippen LogP contribution < -0.4 is 0 Å². The minimum absolute atomic E-state index is 0.0183. The summed E-state index contributed by atoms with van der Waals surface area (Å²) in [4.78, 5) is 58.8. The van der Waals surface area contributed by atoms with E-state index < -0.39 is 102 Å². The van der Waals surface area contributed by atoms with Crippen molar-refractivity contribution in [1.82, 2.24) is 4.90 Å². The maximum absolute atomic E-state index is 14.3. The molecule has 3 heterocycles. The second-order valence-electron chi connectivity index (χ2n) is 15.6. The minimum Gasteiger partial charge on any atom is -0.459 e. The lowest BCUT2D eigenvalue weighted by Crippen LogP contribution is -2.60. The molecule has 1 amide bonds. The molecule has 52 heavy (non-hydrogen) atoms. The number of aliphatic hydroxyl groups is 3. The smallest absolute Gasteiger partial charge is 0.459 e. The Morgan fingerprint density at radius 3 is 2.13 bits per heavy atom. The first-order chi connectivity index (χ1) is 24.1. The zero-order valence-electron chi connectivity index (χ0n) is 32.9. The summed E-state index contributed by atoms with van der Waals surface area (Å²) >= 11 is 0.